The van der Waals surface area contributed by atoms with Crippen LogP contribution in [0, 0.1) is 17.3 Å². The second-order valence-corrected chi connectivity index (χ2v) is 11.8. The Balaban J connectivity index is 1.65. The molecule has 0 radical (unpaired) electrons. The Morgan fingerprint density at radius 3 is 1.29 bits per heavy atom. The predicted octanol–water partition coefficient (Wildman–Crippen LogP) is 5.98. The maximum absolute atomic E-state index is 6.32. The first-order chi connectivity index (χ1) is 16.2. The molecule has 0 bridgehead atoms. The first kappa shape index (κ1) is 25.1. The third-order valence-corrected chi connectivity index (χ3v) is 9.67. The number of hydrogen-bond donors (Lipinski definition) is 4. The fraction of sp³-hybridized carbons (Fsp3) is 0.600. The Bertz CT molecular complexity index is 836. The van der Waals surface area contributed by atoms with Crippen LogP contribution in [0.1, 0.15) is 89.2 Å². The van der Waals surface area contributed by atoms with E-state index in [0.717, 1.165) is 29.6 Å². The molecule has 2 fully saturated rings. The molecule has 0 unspecified atom stereocenters. The van der Waals surface area contributed by atoms with Crippen molar-refractivity contribution in [3.8, 4) is 0 Å². The van der Waals surface area contributed by atoms with E-state index in [1.54, 1.807) is 0 Å². The Labute approximate surface area is 206 Å². The molecule has 0 aromatic heterocycles. The SMILES string of the molecule is CC(CCC(C)(C1CCC(N)CC1)C1CCC(N)CC1)(c1ccc(N)cc1)c1ccc(N)cc1. The molecule has 0 atom stereocenters. The molecule has 0 amide bonds. The third-order valence-electron chi connectivity index (χ3n) is 9.67. The summed E-state index contributed by atoms with van der Waals surface area (Å²) in [6.07, 6.45) is 12.0. The van der Waals surface area contributed by atoms with Crippen LogP contribution in [0.3, 0.4) is 0 Å². The van der Waals surface area contributed by atoms with Crippen molar-refractivity contribution in [2.75, 3.05) is 11.5 Å². The van der Waals surface area contributed by atoms with Gasteiger partial charge in [-0.3, -0.25) is 0 Å². The van der Waals surface area contributed by atoms with Gasteiger partial charge in [-0.05, 0) is 117 Å². The van der Waals surface area contributed by atoms with Gasteiger partial charge in [-0.15, -0.1) is 0 Å². The number of nitrogen functional groups attached to an aromatic ring is 2. The standard InChI is InChI=1S/C30H46N4/c1-29(21-3-11-25(31)12-4-21,22-5-13-26(32)14-6-22)19-20-30(2,23-7-15-27(33)16-8-23)24-9-17-28(34)18-10-24/h3-6,11-14,23-24,27-28H,7-10,15-20,31-34H2,1-2H3. The van der Waals surface area contributed by atoms with Gasteiger partial charge in [0.25, 0.3) is 0 Å². The lowest BCUT2D eigenvalue weighted by Gasteiger charge is -2.50. The third kappa shape index (κ3) is 5.28. The highest BCUT2D eigenvalue weighted by atomic mass is 14.7. The summed E-state index contributed by atoms with van der Waals surface area (Å²) in [6.45, 7) is 5.00. The molecule has 0 aliphatic heterocycles. The molecule has 0 saturated heterocycles. The molecule has 2 aliphatic rings. The fourth-order valence-corrected chi connectivity index (χ4v) is 6.98. The van der Waals surface area contributed by atoms with Crippen molar-refractivity contribution in [3.05, 3.63) is 59.7 Å². The summed E-state index contributed by atoms with van der Waals surface area (Å²) in [6, 6.07) is 17.8. The van der Waals surface area contributed by atoms with Crippen LogP contribution in [0.4, 0.5) is 11.4 Å². The molecule has 2 aromatic rings. The van der Waals surface area contributed by atoms with Gasteiger partial charge in [0.2, 0.25) is 0 Å². The average molecular weight is 463 g/mol. The zero-order valence-electron chi connectivity index (χ0n) is 21.3. The Morgan fingerprint density at radius 2 is 0.941 bits per heavy atom. The second-order valence-electron chi connectivity index (χ2n) is 11.8. The quantitative estimate of drug-likeness (QED) is 0.380. The van der Waals surface area contributed by atoms with Crippen molar-refractivity contribution in [2.45, 2.75) is 95.6 Å². The fourth-order valence-electron chi connectivity index (χ4n) is 6.98. The van der Waals surface area contributed by atoms with Crippen molar-refractivity contribution in [2.24, 2.45) is 28.7 Å². The smallest absolute Gasteiger partial charge is 0.0314 e. The summed E-state index contributed by atoms with van der Waals surface area (Å²) in [4.78, 5) is 0. The highest BCUT2D eigenvalue weighted by molar-refractivity contribution is 5.48. The monoisotopic (exact) mass is 462 g/mol. The van der Waals surface area contributed by atoms with E-state index in [9.17, 15) is 0 Å². The molecule has 8 N–H and O–H groups in total. The predicted molar refractivity (Wildman–Crippen MR) is 145 cm³/mol. The van der Waals surface area contributed by atoms with Crippen LogP contribution in [0.2, 0.25) is 0 Å². The molecule has 186 valence electrons. The van der Waals surface area contributed by atoms with E-state index in [2.05, 4.69) is 38.1 Å². The van der Waals surface area contributed by atoms with Crippen LogP contribution in [0.15, 0.2) is 48.5 Å². The van der Waals surface area contributed by atoms with Gasteiger partial charge in [-0.1, -0.05) is 38.1 Å². The molecule has 34 heavy (non-hydrogen) atoms. The molecule has 4 nitrogen and oxygen atoms in total. The van der Waals surface area contributed by atoms with Gasteiger partial charge in [0, 0.05) is 28.9 Å². The lowest BCUT2D eigenvalue weighted by molar-refractivity contribution is 0.0205. The highest BCUT2D eigenvalue weighted by Crippen LogP contribution is 2.53. The summed E-state index contributed by atoms with van der Waals surface area (Å²) in [5, 5.41) is 0. The molecule has 4 rings (SSSR count). The highest BCUT2D eigenvalue weighted by Gasteiger charge is 2.44. The summed E-state index contributed by atoms with van der Waals surface area (Å²) < 4.78 is 0. The molecular formula is C30H46N4. The van der Waals surface area contributed by atoms with Gasteiger partial charge in [0.1, 0.15) is 0 Å². The van der Waals surface area contributed by atoms with E-state index in [-0.39, 0.29) is 5.41 Å². The Morgan fingerprint density at radius 1 is 0.588 bits per heavy atom. The van der Waals surface area contributed by atoms with E-state index >= 15 is 0 Å². The summed E-state index contributed by atoms with van der Waals surface area (Å²) in [5.74, 6) is 1.49. The maximum atomic E-state index is 6.32. The van der Waals surface area contributed by atoms with E-state index in [1.165, 1.54) is 68.9 Å². The molecule has 2 saturated carbocycles. The van der Waals surface area contributed by atoms with Crippen molar-refractivity contribution in [3.63, 3.8) is 0 Å². The lowest BCUT2D eigenvalue weighted by atomic mass is 9.56. The van der Waals surface area contributed by atoms with Crippen LogP contribution >= 0.6 is 0 Å². The van der Waals surface area contributed by atoms with E-state index < -0.39 is 0 Å². The van der Waals surface area contributed by atoms with Gasteiger partial charge in [-0.25, -0.2) is 0 Å². The first-order valence-corrected chi connectivity index (χ1v) is 13.4. The van der Waals surface area contributed by atoms with Gasteiger partial charge >= 0.3 is 0 Å². The summed E-state index contributed by atoms with van der Waals surface area (Å²) in [7, 11) is 0. The second kappa shape index (κ2) is 10.3. The summed E-state index contributed by atoms with van der Waals surface area (Å²) >= 11 is 0. The minimum absolute atomic E-state index is 0.0984. The number of rotatable bonds is 7. The number of benzene rings is 2. The van der Waals surface area contributed by atoms with E-state index in [1.807, 2.05) is 24.3 Å². The number of nitrogens with two attached hydrogens (primary N) is 4. The Hall–Kier alpha value is -2.04. The molecular weight excluding hydrogens is 416 g/mol. The van der Waals surface area contributed by atoms with Crippen molar-refractivity contribution in [1.29, 1.82) is 0 Å². The Kier molecular flexibility index (Phi) is 7.59. The molecule has 2 aliphatic carbocycles. The largest absolute Gasteiger partial charge is 0.399 e. The minimum atomic E-state index is -0.0984. The van der Waals surface area contributed by atoms with Gasteiger partial charge in [0.05, 0.1) is 0 Å². The molecule has 0 spiro atoms. The topological polar surface area (TPSA) is 104 Å². The number of anilines is 2. The minimum Gasteiger partial charge on any atom is -0.399 e. The van der Waals surface area contributed by atoms with Gasteiger partial charge < -0.3 is 22.9 Å². The first-order valence-electron chi connectivity index (χ1n) is 13.4. The van der Waals surface area contributed by atoms with Crippen LogP contribution in [-0.2, 0) is 5.41 Å². The van der Waals surface area contributed by atoms with Crippen LogP contribution < -0.4 is 22.9 Å². The van der Waals surface area contributed by atoms with Crippen LogP contribution in [-0.4, -0.2) is 12.1 Å². The molecule has 2 aromatic carbocycles. The zero-order chi connectivity index (χ0) is 24.3. The maximum Gasteiger partial charge on any atom is 0.0314 e. The zero-order valence-corrected chi connectivity index (χ0v) is 21.3. The van der Waals surface area contributed by atoms with Crippen molar-refractivity contribution in [1.82, 2.24) is 0 Å². The summed E-state index contributed by atoms with van der Waals surface area (Å²) in [5.41, 5.74) is 29.2. The van der Waals surface area contributed by atoms with Crippen molar-refractivity contribution >= 4 is 11.4 Å². The van der Waals surface area contributed by atoms with Crippen LogP contribution in [0.25, 0.3) is 0 Å². The lowest BCUT2D eigenvalue weighted by Crippen LogP contribution is -2.43. The van der Waals surface area contributed by atoms with E-state index in [4.69, 9.17) is 22.9 Å². The van der Waals surface area contributed by atoms with Gasteiger partial charge in [-0.2, -0.15) is 0 Å². The normalized spacial score (nSPS) is 27.8. The van der Waals surface area contributed by atoms with Crippen LogP contribution in [0.5, 0.6) is 0 Å². The van der Waals surface area contributed by atoms with E-state index in [0.29, 0.717) is 17.5 Å². The number of hydrogen-bond acceptors (Lipinski definition) is 4. The molecule has 0 heterocycles. The van der Waals surface area contributed by atoms with Crippen molar-refractivity contribution < 1.29 is 0 Å². The average Bonchev–Trinajstić information content (AvgIpc) is 2.84. The molecule has 4 heteroatoms. The van der Waals surface area contributed by atoms with Gasteiger partial charge in [0.15, 0.2) is 0 Å².